The van der Waals surface area contributed by atoms with Crippen molar-refractivity contribution in [1.82, 2.24) is 0 Å². The molecule has 1 atom stereocenters. The molecule has 77 heavy (non-hydrogen) atoms. The zero-order valence-corrected chi connectivity index (χ0v) is 52.0. The summed E-state index contributed by atoms with van der Waals surface area (Å²) in [5, 5.41) is 0. The van der Waals surface area contributed by atoms with Crippen LogP contribution in [0.1, 0.15) is 380 Å². The van der Waals surface area contributed by atoms with Crippen molar-refractivity contribution in [3.05, 3.63) is 36.5 Å². The fourth-order valence-electron chi connectivity index (χ4n) is 10.5. The monoisotopic (exact) mass is 1080 g/mol. The van der Waals surface area contributed by atoms with E-state index in [2.05, 4.69) is 57.2 Å². The molecule has 0 amide bonds. The van der Waals surface area contributed by atoms with Crippen molar-refractivity contribution in [2.24, 2.45) is 0 Å². The van der Waals surface area contributed by atoms with Gasteiger partial charge in [0.1, 0.15) is 13.2 Å². The van der Waals surface area contributed by atoms with Gasteiger partial charge in [-0.1, -0.05) is 340 Å². The molecule has 0 radical (unpaired) electrons. The van der Waals surface area contributed by atoms with Crippen LogP contribution in [-0.4, -0.2) is 37.2 Å². The highest BCUT2D eigenvalue weighted by molar-refractivity contribution is 5.71. The molecular formula is C71H132O6. The first kappa shape index (κ1) is 74.6. The molecule has 452 valence electrons. The number of unbranched alkanes of at least 4 members (excludes halogenated alkanes) is 47. The van der Waals surface area contributed by atoms with Crippen LogP contribution in [0.3, 0.4) is 0 Å². The number of allylic oxidation sites excluding steroid dienone is 6. The van der Waals surface area contributed by atoms with Gasteiger partial charge in [-0.25, -0.2) is 0 Å². The second-order valence-corrected chi connectivity index (χ2v) is 23.5. The average Bonchev–Trinajstić information content (AvgIpc) is 3.43. The van der Waals surface area contributed by atoms with Gasteiger partial charge in [0.25, 0.3) is 0 Å². The minimum absolute atomic E-state index is 0.0666. The van der Waals surface area contributed by atoms with Crippen molar-refractivity contribution >= 4 is 17.9 Å². The molecule has 0 saturated carbocycles. The van der Waals surface area contributed by atoms with Crippen LogP contribution in [0.2, 0.25) is 0 Å². The van der Waals surface area contributed by atoms with E-state index in [0.717, 1.165) is 70.6 Å². The predicted octanol–water partition coefficient (Wildman–Crippen LogP) is 23.6. The first-order chi connectivity index (χ1) is 38.0. The summed E-state index contributed by atoms with van der Waals surface area (Å²) in [4.78, 5) is 38.3. The second kappa shape index (κ2) is 66.1. The standard InChI is InChI=1S/C71H132O6/c1-4-7-10-13-16-19-22-24-26-28-30-32-34-35-36-37-38-40-41-43-45-47-49-52-55-58-61-64-70(73)76-67-68(66-75-69(72)63-60-57-54-51-21-18-15-12-9-6-3)77-71(74)65-62-59-56-53-50-48-46-44-42-39-33-31-29-27-25-23-20-17-14-11-8-5-2/h22,24,28,30,34-35,68H,4-21,23,25-27,29,31-33,36-67H2,1-3H3/b24-22-,30-28-,35-34-. The Morgan fingerprint density at radius 2 is 0.468 bits per heavy atom. The summed E-state index contributed by atoms with van der Waals surface area (Å²) in [5.74, 6) is -0.843. The molecule has 6 heteroatoms. The normalized spacial score (nSPS) is 12.2. The molecule has 0 aliphatic carbocycles. The highest BCUT2D eigenvalue weighted by atomic mass is 16.6. The third-order valence-electron chi connectivity index (χ3n) is 15.6. The molecule has 0 saturated heterocycles. The first-order valence-corrected chi connectivity index (χ1v) is 34.5. The lowest BCUT2D eigenvalue weighted by Crippen LogP contribution is -2.30. The number of ether oxygens (including phenoxy) is 3. The van der Waals surface area contributed by atoms with Crippen LogP contribution in [0.5, 0.6) is 0 Å². The van der Waals surface area contributed by atoms with Crippen molar-refractivity contribution < 1.29 is 28.6 Å². The van der Waals surface area contributed by atoms with Crippen molar-refractivity contribution in [2.75, 3.05) is 13.2 Å². The Bertz CT molecular complexity index is 1290. The summed E-state index contributed by atoms with van der Waals surface area (Å²) in [5.41, 5.74) is 0. The van der Waals surface area contributed by atoms with Gasteiger partial charge in [-0.2, -0.15) is 0 Å². The Kier molecular flexibility index (Phi) is 64.1. The van der Waals surface area contributed by atoms with Crippen molar-refractivity contribution in [3.8, 4) is 0 Å². The predicted molar refractivity (Wildman–Crippen MR) is 335 cm³/mol. The Morgan fingerprint density at radius 1 is 0.260 bits per heavy atom. The van der Waals surface area contributed by atoms with Crippen LogP contribution in [0.15, 0.2) is 36.5 Å². The molecule has 6 nitrogen and oxygen atoms in total. The number of rotatable bonds is 64. The van der Waals surface area contributed by atoms with Gasteiger partial charge in [-0.3, -0.25) is 14.4 Å². The van der Waals surface area contributed by atoms with Gasteiger partial charge in [0.2, 0.25) is 0 Å². The quantitative estimate of drug-likeness (QED) is 0.0261. The van der Waals surface area contributed by atoms with E-state index in [1.165, 1.54) is 270 Å². The molecule has 0 spiro atoms. The van der Waals surface area contributed by atoms with Crippen LogP contribution in [0.4, 0.5) is 0 Å². The Labute approximate surface area is 480 Å². The van der Waals surface area contributed by atoms with E-state index < -0.39 is 6.10 Å². The number of esters is 3. The molecule has 0 N–H and O–H groups in total. The first-order valence-electron chi connectivity index (χ1n) is 34.5. The van der Waals surface area contributed by atoms with E-state index in [4.69, 9.17) is 14.2 Å². The zero-order chi connectivity index (χ0) is 55.7. The minimum atomic E-state index is -0.769. The lowest BCUT2D eigenvalue weighted by molar-refractivity contribution is -0.167. The zero-order valence-electron chi connectivity index (χ0n) is 52.0. The molecular weight excluding hydrogens is 949 g/mol. The number of carbonyl (C=O) groups is 3. The molecule has 1 unspecified atom stereocenters. The van der Waals surface area contributed by atoms with Crippen molar-refractivity contribution in [2.45, 2.75) is 386 Å². The number of hydrogen-bond acceptors (Lipinski definition) is 6. The fraction of sp³-hybridized carbons (Fsp3) is 0.873. The van der Waals surface area contributed by atoms with Crippen molar-refractivity contribution in [1.29, 1.82) is 0 Å². The van der Waals surface area contributed by atoms with Gasteiger partial charge in [-0.15, -0.1) is 0 Å². The maximum absolute atomic E-state index is 12.9. The van der Waals surface area contributed by atoms with Gasteiger partial charge < -0.3 is 14.2 Å². The molecule has 0 bridgehead atoms. The third kappa shape index (κ3) is 64.3. The number of hydrogen-bond donors (Lipinski definition) is 0. The van der Waals surface area contributed by atoms with Gasteiger partial charge in [0.15, 0.2) is 6.10 Å². The summed E-state index contributed by atoms with van der Waals surface area (Å²) < 4.78 is 16.9. The van der Waals surface area contributed by atoms with Crippen LogP contribution < -0.4 is 0 Å². The van der Waals surface area contributed by atoms with Crippen molar-refractivity contribution in [3.63, 3.8) is 0 Å². The maximum atomic E-state index is 12.9. The minimum Gasteiger partial charge on any atom is -0.462 e. The fourth-order valence-corrected chi connectivity index (χ4v) is 10.5. The van der Waals surface area contributed by atoms with Crippen LogP contribution >= 0.6 is 0 Å². The van der Waals surface area contributed by atoms with E-state index in [9.17, 15) is 14.4 Å². The van der Waals surface area contributed by atoms with E-state index in [1.54, 1.807) is 0 Å². The average molecular weight is 1080 g/mol. The highest BCUT2D eigenvalue weighted by Crippen LogP contribution is 2.18. The lowest BCUT2D eigenvalue weighted by Gasteiger charge is -2.18. The summed E-state index contributed by atoms with van der Waals surface area (Å²) in [6.07, 6.45) is 81.7. The number of carbonyl (C=O) groups excluding carboxylic acids is 3. The van der Waals surface area contributed by atoms with Gasteiger partial charge in [-0.05, 0) is 57.8 Å². The summed E-state index contributed by atoms with van der Waals surface area (Å²) in [6.45, 7) is 6.68. The van der Waals surface area contributed by atoms with Crippen LogP contribution in [0.25, 0.3) is 0 Å². The summed E-state index contributed by atoms with van der Waals surface area (Å²) in [6, 6.07) is 0. The lowest BCUT2D eigenvalue weighted by atomic mass is 10.0. The van der Waals surface area contributed by atoms with Gasteiger partial charge in [0, 0.05) is 19.3 Å². The molecule has 0 aliphatic rings. The topological polar surface area (TPSA) is 78.9 Å². The maximum Gasteiger partial charge on any atom is 0.306 e. The third-order valence-corrected chi connectivity index (χ3v) is 15.6. The largest absolute Gasteiger partial charge is 0.462 e. The van der Waals surface area contributed by atoms with Crippen LogP contribution in [0, 0.1) is 0 Å². The van der Waals surface area contributed by atoms with E-state index >= 15 is 0 Å². The molecule has 0 aromatic carbocycles. The summed E-state index contributed by atoms with van der Waals surface area (Å²) in [7, 11) is 0. The Hall–Kier alpha value is -2.37. The van der Waals surface area contributed by atoms with Crippen LogP contribution in [-0.2, 0) is 28.6 Å². The Balaban J connectivity index is 4.16. The van der Waals surface area contributed by atoms with E-state index in [1.807, 2.05) is 0 Å². The van der Waals surface area contributed by atoms with Gasteiger partial charge >= 0.3 is 17.9 Å². The molecule has 0 aromatic heterocycles. The van der Waals surface area contributed by atoms with Gasteiger partial charge in [0.05, 0.1) is 0 Å². The highest BCUT2D eigenvalue weighted by Gasteiger charge is 2.19. The molecule has 0 aromatic rings. The van der Waals surface area contributed by atoms with E-state index in [0.29, 0.717) is 19.3 Å². The molecule has 0 aliphatic heterocycles. The molecule has 0 fully saturated rings. The van der Waals surface area contributed by atoms with E-state index in [-0.39, 0.29) is 31.1 Å². The molecule has 0 heterocycles. The Morgan fingerprint density at radius 3 is 0.727 bits per heavy atom. The summed E-state index contributed by atoms with van der Waals surface area (Å²) >= 11 is 0. The SMILES string of the molecule is CCCCCCC/C=C\C/C=C\C/C=C\CCCCCCCCCCCCCCC(=O)OCC(COC(=O)CCCCCCCCCCCC)OC(=O)CCCCCCCCCCCCCCCCCCCCCCCC. The molecule has 0 rings (SSSR count). The smallest absolute Gasteiger partial charge is 0.306 e. The second-order valence-electron chi connectivity index (χ2n) is 23.5.